The van der Waals surface area contributed by atoms with Crippen LogP contribution in [-0.4, -0.2) is 16.7 Å². The van der Waals surface area contributed by atoms with Crippen LogP contribution in [0, 0.1) is 0 Å². The molecule has 1 atom stereocenters. The van der Waals surface area contributed by atoms with E-state index >= 15 is 0 Å². The van der Waals surface area contributed by atoms with E-state index in [1.165, 1.54) is 24.8 Å². The minimum Gasteiger partial charge on any atom is -0.338 e. The van der Waals surface area contributed by atoms with E-state index in [4.69, 9.17) is 9.51 Å². The first-order chi connectivity index (χ1) is 10.4. The lowest BCUT2D eigenvalue weighted by molar-refractivity contribution is 0.264. The van der Waals surface area contributed by atoms with E-state index in [2.05, 4.69) is 40.8 Å². The van der Waals surface area contributed by atoms with Gasteiger partial charge in [-0.05, 0) is 37.8 Å². The molecule has 0 unspecified atom stereocenters. The van der Waals surface area contributed by atoms with Gasteiger partial charge in [0, 0.05) is 0 Å². The second-order valence-electron chi connectivity index (χ2n) is 6.26. The number of hydrogen-bond donors (Lipinski definition) is 1. The molecule has 1 aromatic carbocycles. The van der Waals surface area contributed by atoms with Crippen molar-refractivity contribution >= 4 is 0 Å². The third-order valence-electron chi connectivity index (χ3n) is 5.01. The van der Waals surface area contributed by atoms with Crippen molar-refractivity contribution in [1.82, 2.24) is 15.5 Å². The minimum absolute atomic E-state index is 0.0162. The Morgan fingerprint density at radius 3 is 2.62 bits per heavy atom. The molecule has 1 saturated carbocycles. The topological polar surface area (TPSA) is 51.0 Å². The Morgan fingerprint density at radius 1 is 1.10 bits per heavy atom. The molecule has 1 aliphatic heterocycles. The smallest absolute Gasteiger partial charge is 0.243 e. The molecular formula is C17H21N3O. The van der Waals surface area contributed by atoms with Crippen molar-refractivity contribution in [2.24, 2.45) is 0 Å². The van der Waals surface area contributed by atoms with Gasteiger partial charge in [-0.3, -0.25) is 0 Å². The van der Waals surface area contributed by atoms with Gasteiger partial charge in [-0.15, -0.1) is 0 Å². The van der Waals surface area contributed by atoms with E-state index in [0.717, 1.165) is 37.5 Å². The van der Waals surface area contributed by atoms with Crippen LogP contribution in [0.25, 0.3) is 0 Å². The van der Waals surface area contributed by atoms with Gasteiger partial charge in [0.25, 0.3) is 0 Å². The SMILES string of the molecule is c1ccc(C2(c3noc([C@@H]4CCCCN4)n3)CCC2)cc1. The lowest BCUT2D eigenvalue weighted by Crippen LogP contribution is -2.36. The standard InChI is InChI=1S/C17H21N3O/c1-2-7-13(8-3-1)17(10-6-11-17)16-19-15(21-20-16)14-9-4-5-12-18-14/h1-3,7-8,14,18H,4-6,9-12H2/t14-/m0/s1. The van der Waals surface area contributed by atoms with Gasteiger partial charge < -0.3 is 9.84 Å². The summed E-state index contributed by atoms with van der Waals surface area (Å²) >= 11 is 0. The van der Waals surface area contributed by atoms with Crippen LogP contribution in [0.3, 0.4) is 0 Å². The average Bonchev–Trinajstić information content (AvgIpc) is 2.98. The third kappa shape index (κ3) is 2.18. The molecule has 2 aliphatic rings. The predicted molar refractivity (Wildman–Crippen MR) is 80.0 cm³/mol. The molecule has 1 saturated heterocycles. The molecule has 1 N–H and O–H groups in total. The summed E-state index contributed by atoms with van der Waals surface area (Å²) < 4.78 is 5.58. The molecule has 1 aliphatic carbocycles. The summed E-state index contributed by atoms with van der Waals surface area (Å²) in [5.74, 6) is 1.65. The maximum atomic E-state index is 5.58. The normalized spacial score (nSPS) is 24.5. The van der Waals surface area contributed by atoms with Gasteiger partial charge in [-0.2, -0.15) is 4.98 Å². The zero-order valence-electron chi connectivity index (χ0n) is 12.2. The molecule has 2 aromatic rings. The summed E-state index contributed by atoms with van der Waals surface area (Å²) in [5.41, 5.74) is 1.30. The molecule has 0 amide bonds. The summed E-state index contributed by atoms with van der Waals surface area (Å²) in [6.45, 7) is 1.05. The molecule has 2 heterocycles. The Morgan fingerprint density at radius 2 is 1.95 bits per heavy atom. The van der Waals surface area contributed by atoms with E-state index in [1.807, 2.05) is 0 Å². The first kappa shape index (κ1) is 13.0. The van der Waals surface area contributed by atoms with Gasteiger partial charge >= 0.3 is 0 Å². The molecule has 1 aromatic heterocycles. The molecule has 0 bridgehead atoms. The molecule has 110 valence electrons. The van der Waals surface area contributed by atoms with Crippen LogP contribution in [0.4, 0.5) is 0 Å². The van der Waals surface area contributed by atoms with Crippen LogP contribution in [0.15, 0.2) is 34.9 Å². The summed E-state index contributed by atoms with van der Waals surface area (Å²) in [6.07, 6.45) is 7.05. The van der Waals surface area contributed by atoms with Gasteiger partial charge in [-0.1, -0.05) is 48.3 Å². The fourth-order valence-electron chi connectivity index (χ4n) is 3.56. The lowest BCUT2D eigenvalue weighted by atomic mass is 9.64. The van der Waals surface area contributed by atoms with Gasteiger partial charge in [0.2, 0.25) is 5.89 Å². The summed E-state index contributed by atoms with van der Waals surface area (Å²) in [5, 5.41) is 7.82. The highest BCUT2D eigenvalue weighted by Crippen LogP contribution is 2.47. The summed E-state index contributed by atoms with van der Waals surface area (Å²) in [6, 6.07) is 10.9. The Balaban J connectivity index is 1.64. The highest BCUT2D eigenvalue weighted by molar-refractivity contribution is 5.35. The summed E-state index contributed by atoms with van der Waals surface area (Å²) in [7, 11) is 0. The van der Waals surface area contributed by atoms with Crippen molar-refractivity contribution in [1.29, 1.82) is 0 Å². The molecule has 4 rings (SSSR count). The molecule has 4 nitrogen and oxygen atoms in total. The second-order valence-corrected chi connectivity index (χ2v) is 6.26. The highest BCUT2D eigenvalue weighted by Gasteiger charge is 2.44. The van der Waals surface area contributed by atoms with Crippen molar-refractivity contribution in [2.45, 2.75) is 50.0 Å². The van der Waals surface area contributed by atoms with E-state index in [1.54, 1.807) is 0 Å². The second kappa shape index (κ2) is 5.26. The zero-order chi connectivity index (χ0) is 14.1. The molecule has 0 radical (unpaired) electrons. The van der Waals surface area contributed by atoms with Gasteiger partial charge in [0.05, 0.1) is 11.5 Å². The van der Waals surface area contributed by atoms with Crippen LogP contribution >= 0.6 is 0 Å². The van der Waals surface area contributed by atoms with Crippen LogP contribution in [-0.2, 0) is 5.41 Å². The van der Waals surface area contributed by atoms with Crippen LogP contribution in [0.1, 0.15) is 61.8 Å². The molecule has 2 fully saturated rings. The maximum absolute atomic E-state index is 5.58. The Kier molecular flexibility index (Phi) is 3.26. The fraction of sp³-hybridized carbons (Fsp3) is 0.529. The summed E-state index contributed by atoms with van der Waals surface area (Å²) in [4.78, 5) is 4.76. The van der Waals surface area contributed by atoms with Crippen LogP contribution in [0.5, 0.6) is 0 Å². The van der Waals surface area contributed by atoms with Crippen molar-refractivity contribution in [3.05, 3.63) is 47.6 Å². The van der Waals surface area contributed by atoms with Crippen molar-refractivity contribution in [2.75, 3.05) is 6.54 Å². The predicted octanol–water partition coefficient (Wildman–Crippen LogP) is 3.35. The monoisotopic (exact) mass is 283 g/mol. The largest absolute Gasteiger partial charge is 0.338 e. The van der Waals surface area contributed by atoms with E-state index < -0.39 is 0 Å². The first-order valence-corrected chi connectivity index (χ1v) is 8.01. The van der Waals surface area contributed by atoms with Crippen molar-refractivity contribution in [3.63, 3.8) is 0 Å². The number of benzene rings is 1. The highest BCUT2D eigenvalue weighted by atomic mass is 16.5. The fourth-order valence-corrected chi connectivity index (χ4v) is 3.56. The number of hydrogen-bond acceptors (Lipinski definition) is 4. The quantitative estimate of drug-likeness (QED) is 0.938. The van der Waals surface area contributed by atoms with E-state index in [-0.39, 0.29) is 11.5 Å². The van der Waals surface area contributed by atoms with E-state index in [0.29, 0.717) is 0 Å². The number of aromatic nitrogens is 2. The third-order valence-corrected chi connectivity index (χ3v) is 5.01. The van der Waals surface area contributed by atoms with Gasteiger partial charge in [0.15, 0.2) is 5.82 Å². The molecule has 4 heteroatoms. The molecule has 21 heavy (non-hydrogen) atoms. The average molecular weight is 283 g/mol. The Bertz CT molecular complexity index is 598. The minimum atomic E-state index is -0.0162. The Labute approximate surface area is 124 Å². The van der Waals surface area contributed by atoms with Crippen molar-refractivity contribution < 1.29 is 4.52 Å². The first-order valence-electron chi connectivity index (χ1n) is 8.01. The van der Waals surface area contributed by atoms with Crippen LogP contribution < -0.4 is 5.32 Å². The number of rotatable bonds is 3. The molecule has 0 spiro atoms. The zero-order valence-corrected chi connectivity index (χ0v) is 12.2. The van der Waals surface area contributed by atoms with Gasteiger partial charge in [0.1, 0.15) is 0 Å². The van der Waals surface area contributed by atoms with Gasteiger partial charge in [-0.25, -0.2) is 0 Å². The van der Waals surface area contributed by atoms with Crippen molar-refractivity contribution in [3.8, 4) is 0 Å². The Hall–Kier alpha value is -1.68. The lowest BCUT2D eigenvalue weighted by Gasteiger charge is -2.39. The number of nitrogens with one attached hydrogen (secondary N) is 1. The number of piperidine rings is 1. The molecular weight excluding hydrogens is 262 g/mol. The number of nitrogens with zero attached hydrogens (tertiary/aromatic N) is 2. The van der Waals surface area contributed by atoms with Crippen LogP contribution in [0.2, 0.25) is 0 Å². The maximum Gasteiger partial charge on any atom is 0.243 e. The van der Waals surface area contributed by atoms with E-state index in [9.17, 15) is 0 Å².